The van der Waals surface area contributed by atoms with Crippen molar-refractivity contribution in [2.45, 2.75) is 25.8 Å². The molecule has 2 N–H and O–H groups in total. The molecule has 2 aromatic carbocycles. The molecule has 0 saturated carbocycles. The molecule has 0 bridgehead atoms. The van der Waals surface area contributed by atoms with Crippen LogP contribution in [0.25, 0.3) is 10.6 Å². The average Bonchev–Trinajstić information content (AvgIpc) is 3.16. The van der Waals surface area contributed by atoms with Gasteiger partial charge in [0.15, 0.2) is 0 Å². The lowest BCUT2D eigenvalue weighted by Crippen LogP contribution is -2.47. The molecule has 1 atom stereocenters. The molecule has 6 nitrogen and oxygen atoms in total. The van der Waals surface area contributed by atoms with Gasteiger partial charge in [0.25, 0.3) is 5.91 Å². The Hall–Kier alpha value is -3.26. The minimum atomic E-state index is -0.957. The second-order valence-corrected chi connectivity index (χ2v) is 8.55. The molecule has 1 fully saturated rings. The predicted molar refractivity (Wildman–Crippen MR) is 118 cm³/mol. The summed E-state index contributed by atoms with van der Waals surface area (Å²) in [6.45, 7) is 3.21. The largest absolute Gasteiger partial charge is 0.478 e. The molecule has 0 spiro atoms. The third kappa shape index (κ3) is 4.74. The summed E-state index contributed by atoms with van der Waals surface area (Å²) in [5.74, 6) is -1.44. The highest BCUT2D eigenvalue weighted by molar-refractivity contribution is 7.17. The summed E-state index contributed by atoms with van der Waals surface area (Å²) in [4.78, 5) is 31.3. The summed E-state index contributed by atoms with van der Waals surface area (Å²) < 4.78 is 13.2. The van der Waals surface area contributed by atoms with Gasteiger partial charge in [-0.05, 0) is 62.2 Å². The number of anilines is 1. The third-order valence-corrected chi connectivity index (χ3v) is 6.51. The van der Waals surface area contributed by atoms with E-state index < -0.39 is 5.97 Å². The van der Waals surface area contributed by atoms with E-state index in [2.05, 4.69) is 15.2 Å². The van der Waals surface area contributed by atoms with Gasteiger partial charge in [-0.15, -0.1) is 11.3 Å². The van der Waals surface area contributed by atoms with Gasteiger partial charge in [-0.1, -0.05) is 6.07 Å². The van der Waals surface area contributed by atoms with Crippen molar-refractivity contribution in [1.82, 2.24) is 10.3 Å². The lowest BCUT2D eigenvalue weighted by atomic mass is 10.0. The number of halogens is 1. The molecule has 8 heteroatoms. The van der Waals surface area contributed by atoms with Crippen LogP contribution in [-0.2, 0) is 0 Å². The number of aryl methyl sites for hydroxylation is 1. The van der Waals surface area contributed by atoms with E-state index in [0.29, 0.717) is 22.1 Å². The van der Waals surface area contributed by atoms with Gasteiger partial charge in [-0.25, -0.2) is 14.2 Å². The number of benzene rings is 2. The van der Waals surface area contributed by atoms with Crippen molar-refractivity contribution in [2.24, 2.45) is 0 Å². The molecule has 31 heavy (non-hydrogen) atoms. The molecule has 1 aromatic heterocycles. The number of hydrogen-bond acceptors (Lipinski definition) is 5. The van der Waals surface area contributed by atoms with Gasteiger partial charge in [0, 0.05) is 30.4 Å². The van der Waals surface area contributed by atoms with Gasteiger partial charge in [0.2, 0.25) is 0 Å². The van der Waals surface area contributed by atoms with Gasteiger partial charge in [-0.2, -0.15) is 0 Å². The number of carboxylic acid groups (broad SMARTS) is 1. The minimum absolute atomic E-state index is 0.0505. The van der Waals surface area contributed by atoms with Crippen LogP contribution in [0.3, 0.4) is 0 Å². The van der Waals surface area contributed by atoms with Crippen molar-refractivity contribution in [3.8, 4) is 10.6 Å². The molecular formula is C23H22FN3O3S. The molecule has 1 amide bonds. The Morgan fingerprint density at radius 1 is 1.23 bits per heavy atom. The molecule has 1 saturated heterocycles. The number of carbonyl (C=O) groups excluding carboxylic acids is 1. The maximum Gasteiger partial charge on any atom is 0.335 e. The van der Waals surface area contributed by atoms with E-state index in [1.807, 2.05) is 6.07 Å². The summed E-state index contributed by atoms with van der Waals surface area (Å²) in [6, 6.07) is 12.9. The van der Waals surface area contributed by atoms with Crippen molar-refractivity contribution in [3.05, 3.63) is 70.5 Å². The second-order valence-electron chi connectivity index (χ2n) is 7.55. The van der Waals surface area contributed by atoms with Crippen LogP contribution in [0, 0.1) is 12.7 Å². The maximum absolute atomic E-state index is 13.2. The van der Waals surface area contributed by atoms with E-state index in [0.717, 1.165) is 30.6 Å². The average molecular weight is 440 g/mol. The summed E-state index contributed by atoms with van der Waals surface area (Å²) in [7, 11) is 0. The Labute approximate surface area is 183 Å². The lowest BCUT2D eigenvalue weighted by Gasteiger charge is -2.34. The van der Waals surface area contributed by atoms with Gasteiger partial charge >= 0.3 is 5.97 Å². The molecule has 2 heterocycles. The van der Waals surface area contributed by atoms with E-state index in [9.17, 15) is 19.1 Å². The highest BCUT2D eigenvalue weighted by atomic mass is 32.1. The number of carbonyl (C=O) groups is 2. The van der Waals surface area contributed by atoms with Crippen LogP contribution in [0.1, 0.15) is 38.6 Å². The zero-order valence-electron chi connectivity index (χ0n) is 17.0. The SMILES string of the molecule is Cc1nc(-c2ccc(F)cc2)sc1C(=O)N[C@H]1CCCN(c2cccc(C(=O)O)c2)C1. The highest BCUT2D eigenvalue weighted by Gasteiger charge is 2.24. The number of amides is 1. The normalized spacial score (nSPS) is 16.2. The van der Waals surface area contributed by atoms with Gasteiger partial charge in [0.05, 0.1) is 11.3 Å². The van der Waals surface area contributed by atoms with Crippen molar-refractivity contribution >= 4 is 28.9 Å². The zero-order valence-corrected chi connectivity index (χ0v) is 17.8. The molecule has 0 radical (unpaired) electrons. The van der Waals surface area contributed by atoms with Crippen LogP contribution in [0.5, 0.6) is 0 Å². The quantitative estimate of drug-likeness (QED) is 0.618. The molecule has 160 valence electrons. The number of aromatic nitrogens is 1. The highest BCUT2D eigenvalue weighted by Crippen LogP contribution is 2.28. The van der Waals surface area contributed by atoms with Crippen LogP contribution in [-0.4, -0.2) is 41.1 Å². The van der Waals surface area contributed by atoms with Crippen LogP contribution >= 0.6 is 11.3 Å². The van der Waals surface area contributed by atoms with Gasteiger partial charge in [0.1, 0.15) is 15.7 Å². The molecular weight excluding hydrogens is 417 g/mol. The van der Waals surface area contributed by atoms with E-state index in [-0.39, 0.29) is 23.3 Å². The maximum atomic E-state index is 13.2. The van der Waals surface area contributed by atoms with Crippen molar-refractivity contribution < 1.29 is 19.1 Å². The Balaban J connectivity index is 1.45. The van der Waals surface area contributed by atoms with E-state index >= 15 is 0 Å². The number of nitrogens with zero attached hydrogens (tertiary/aromatic N) is 2. The molecule has 4 rings (SSSR count). The lowest BCUT2D eigenvalue weighted by molar-refractivity contribution is 0.0696. The summed E-state index contributed by atoms with van der Waals surface area (Å²) >= 11 is 1.29. The summed E-state index contributed by atoms with van der Waals surface area (Å²) in [5, 5.41) is 13.0. The Morgan fingerprint density at radius 2 is 2.00 bits per heavy atom. The first-order valence-corrected chi connectivity index (χ1v) is 10.8. The number of piperidine rings is 1. The fraction of sp³-hybridized carbons (Fsp3) is 0.261. The predicted octanol–water partition coefficient (Wildman–Crippen LogP) is 4.35. The number of nitrogens with one attached hydrogen (secondary N) is 1. The Morgan fingerprint density at radius 3 is 2.74 bits per heavy atom. The van der Waals surface area contributed by atoms with Crippen LogP contribution in [0.4, 0.5) is 10.1 Å². The fourth-order valence-electron chi connectivity index (χ4n) is 3.74. The summed E-state index contributed by atoms with van der Waals surface area (Å²) in [5.41, 5.74) is 2.50. The summed E-state index contributed by atoms with van der Waals surface area (Å²) in [6.07, 6.45) is 1.74. The minimum Gasteiger partial charge on any atom is -0.478 e. The smallest absolute Gasteiger partial charge is 0.335 e. The number of rotatable bonds is 5. The first kappa shape index (κ1) is 21.0. The van der Waals surface area contributed by atoms with Crippen LogP contribution < -0.4 is 10.2 Å². The van der Waals surface area contributed by atoms with E-state index in [1.165, 1.54) is 23.5 Å². The third-order valence-electron chi connectivity index (χ3n) is 5.31. The first-order chi connectivity index (χ1) is 14.9. The molecule has 1 aliphatic rings. The zero-order chi connectivity index (χ0) is 22.0. The molecule has 3 aromatic rings. The van der Waals surface area contributed by atoms with E-state index in [4.69, 9.17) is 0 Å². The number of hydrogen-bond donors (Lipinski definition) is 2. The van der Waals surface area contributed by atoms with Crippen molar-refractivity contribution in [2.75, 3.05) is 18.0 Å². The Kier molecular flexibility index (Phi) is 5.99. The van der Waals surface area contributed by atoms with E-state index in [1.54, 1.807) is 37.3 Å². The van der Waals surface area contributed by atoms with Crippen molar-refractivity contribution in [1.29, 1.82) is 0 Å². The van der Waals surface area contributed by atoms with Crippen LogP contribution in [0.15, 0.2) is 48.5 Å². The number of aromatic carboxylic acids is 1. The standard InChI is InChI=1S/C23H22FN3O3S/c1-14-20(31-22(25-14)15-7-9-17(24)10-8-15)21(28)26-18-5-3-11-27(13-18)19-6-2-4-16(12-19)23(29)30/h2,4,6-10,12,18H,3,5,11,13H2,1H3,(H,26,28)(H,29,30)/t18-/m0/s1. The van der Waals surface area contributed by atoms with Crippen LogP contribution in [0.2, 0.25) is 0 Å². The first-order valence-electron chi connectivity index (χ1n) is 10.0. The molecule has 1 aliphatic heterocycles. The topological polar surface area (TPSA) is 82.5 Å². The second kappa shape index (κ2) is 8.85. The van der Waals surface area contributed by atoms with Crippen molar-refractivity contribution in [3.63, 3.8) is 0 Å². The Bertz CT molecular complexity index is 1110. The monoisotopic (exact) mass is 439 g/mol. The molecule has 0 aliphatic carbocycles. The molecule has 0 unspecified atom stereocenters. The number of carboxylic acids is 1. The van der Waals surface area contributed by atoms with Gasteiger partial charge in [-0.3, -0.25) is 4.79 Å². The fourth-order valence-corrected chi connectivity index (χ4v) is 4.71. The van der Waals surface area contributed by atoms with Gasteiger partial charge < -0.3 is 15.3 Å². The number of thiazole rings is 1.